The van der Waals surface area contributed by atoms with Gasteiger partial charge in [-0.25, -0.2) is 4.39 Å². The summed E-state index contributed by atoms with van der Waals surface area (Å²) < 4.78 is 15.8. The molecule has 3 N–H and O–H groups in total. The molecule has 0 saturated heterocycles. The number of amides is 1. The molecule has 0 aliphatic carbocycles. The second-order valence-corrected chi connectivity index (χ2v) is 9.12. The summed E-state index contributed by atoms with van der Waals surface area (Å²) in [6.45, 7) is 3.92. The van der Waals surface area contributed by atoms with Crippen molar-refractivity contribution in [3.8, 4) is 22.3 Å². The first-order valence-corrected chi connectivity index (χ1v) is 12.0. The van der Waals surface area contributed by atoms with E-state index in [0.717, 1.165) is 22.4 Å². The van der Waals surface area contributed by atoms with Gasteiger partial charge in [-0.1, -0.05) is 42.5 Å². The third-order valence-electron chi connectivity index (χ3n) is 6.12. The molecule has 2 atom stereocenters. The Morgan fingerprint density at radius 1 is 0.973 bits per heavy atom. The van der Waals surface area contributed by atoms with Gasteiger partial charge in [0.25, 0.3) is 5.91 Å². The Balaban J connectivity index is 0.00000481. The van der Waals surface area contributed by atoms with Crippen LogP contribution in [0.4, 0.5) is 4.39 Å². The van der Waals surface area contributed by atoms with Gasteiger partial charge in [0.05, 0.1) is 12.2 Å². The minimum atomic E-state index is -1.38. The second kappa shape index (κ2) is 13.9. The summed E-state index contributed by atoms with van der Waals surface area (Å²) in [5.74, 6) is -2.04. The van der Waals surface area contributed by atoms with Gasteiger partial charge < -0.3 is 30.0 Å². The van der Waals surface area contributed by atoms with Gasteiger partial charge in [0.15, 0.2) is 0 Å². The molecular formula is C28H32FN2NaO5. The molecule has 1 heterocycles. The van der Waals surface area contributed by atoms with E-state index in [0.29, 0.717) is 17.7 Å². The van der Waals surface area contributed by atoms with Crippen LogP contribution >= 0.6 is 0 Å². The van der Waals surface area contributed by atoms with E-state index in [9.17, 15) is 29.3 Å². The van der Waals surface area contributed by atoms with Crippen LogP contribution in [0.5, 0.6) is 0 Å². The number of hydrogen-bond donors (Lipinski definition) is 3. The molecular weight excluding hydrogens is 486 g/mol. The number of nitrogens with zero attached hydrogens (tertiary/aromatic N) is 1. The van der Waals surface area contributed by atoms with Crippen molar-refractivity contribution in [3.05, 3.63) is 71.8 Å². The average Bonchev–Trinajstić information content (AvgIpc) is 3.18. The second-order valence-electron chi connectivity index (χ2n) is 9.12. The van der Waals surface area contributed by atoms with E-state index in [4.69, 9.17) is 0 Å². The number of benzene rings is 2. The van der Waals surface area contributed by atoms with E-state index in [1.807, 2.05) is 48.7 Å². The minimum Gasteiger partial charge on any atom is -0.550 e. The van der Waals surface area contributed by atoms with Crippen molar-refractivity contribution in [1.82, 2.24) is 9.88 Å². The number of aliphatic carboxylic acids is 1. The maximum Gasteiger partial charge on any atom is 1.00 e. The fourth-order valence-electron chi connectivity index (χ4n) is 4.62. The number of aliphatic hydroxyl groups is 2. The van der Waals surface area contributed by atoms with E-state index >= 15 is 0 Å². The van der Waals surface area contributed by atoms with Crippen molar-refractivity contribution >= 4 is 11.9 Å². The van der Waals surface area contributed by atoms with Crippen molar-refractivity contribution in [2.75, 3.05) is 7.05 Å². The Morgan fingerprint density at radius 2 is 1.57 bits per heavy atom. The van der Waals surface area contributed by atoms with Crippen molar-refractivity contribution in [2.24, 2.45) is 0 Å². The normalized spacial score (nSPS) is 12.6. The predicted molar refractivity (Wildman–Crippen MR) is 134 cm³/mol. The molecule has 9 heteroatoms. The van der Waals surface area contributed by atoms with E-state index < -0.39 is 24.6 Å². The molecule has 0 bridgehead atoms. The van der Waals surface area contributed by atoms with Gasteiger partial charge in [0, 0.05) is 42.3 Å². The number of aliphatic hydroxyl groups excluding tert-OH is 2. The zero-order valence-electron chi connectivity index (χ0n) is 21.7. The topological polar surface area (TPSA) is 115 Å². The van der Waals surface area contributed by atoms with Gasteiger partial charge in [-0.05, 0) is 56.4 Å². The van der Waals surface area contributed by atoms with Crippen LogP contribution in [0.1, 0.15) is 55.3 Å². The molecule has 7 nitrogen and oxygen atoms in total. The number of carboxylic acid groups (broad SMARTS) is 1. The first-order valence-electron chi connectivity index (χ1n) is 12.0. The summed E-state index contributed by atoms with van der Waals surface area (Å²) in [6, 6.07) is 15.4. The molecule has 0 saturated carbocycles. The van der Waals surface area contributed by atoms with Crippen LogP contribution in [0.3, 0.4) is 0 Å². The third kappa shape index (κ3) is 7.52. The van der Waals surface area contributed by atoms with Crippen LogP contribution in [0.25, 0.3) is 22.3 Å². The number of rotatable bonds is 11. The zero-order valence-corrected chi connectivity index (χ0v) is 23.7. The van der Waals surface area contributed by atoms with Gasteiger partial charge in [-0.15, -0.1) is 0 Å². The maximum atomic E-state index is 13.8. The van der Waals surface area contributed by atoms with Gasteiger partial charge >= 0.3 is 29.6 Å². The number of carbonyl (C=O) groups excluding carboxylic acids is 2. The summed E-state index contributed by atoms with van der Waals surface area (Å²) in [7, 11) is 1.56. The molecule has 37 heavy (non-hydrogen) atoms. The molecule has 0 spiro atoms. The van der Waals surface area contributed by atoms with Crippen molar-refractivity contribution in [3.63, 3.8) is 0 Å². The molecule has 1 aromatic heterocycles. The summed E-state index contributed by atoms with van der Waals surface area (Å²) in [4.78, 5) is 24.0. The standard InChI is InChI=1S/C28H33FN2O5.Na/c1-17(2)31-23(14-13-21(32)15-22(33)16-24(34)35)25(19-9-11-20(29)12-10-19)26(27(31)28(36)30-3)18-7-5-4-6-8-18;/h4-12,17,21-22,32-33H,13-16H2,1-3H3,(H,30,36)(H,34,35);/q;+1/p-1/t21-,22-;/m1./s1. The molecule has 0 aliphatic rings. The first kappa shape index (κ1) is 30.7. The van der Waals surface area contributed by atoms with Gasteiger partial charge in [0.2, 0.25) is 0 Å². The van der Waals surface area contributed by atoms with Crippen LogP contribution in [0, 0.1) is 5.82 Å². The van der Waals surface area contributed by atoms with Crippen molar-refractivity contribution in [1.29, 1.82) is 0 Å². The Hall–Kier alpha value is -2.49. The molecule has 0 aliphatic heterocycles. The summed E-state index contributed by atoms with van der Waals surface area (Å²) >= 11 is 0. The smallest absolute Gasteiger partial charge is 0.550 e. The molecule has 0 fully saturated rings. The van der Waals surface area contributed by atoms with E-state index in [1.54, 1.807) is 19.2 Å². The predicted octanol–water partition coefficient (Wildman–Crippen LogP) is 0.0902. The van der Waals surface area contributed by atoms with Gasteiger partial charge in [-0.3, -0.25) is 4.79 Å². The summed E-state index contributed by atoms with van der Waals surface area (Å²) in [5.41, 5.74) is 4.25. The van der Waals surface area contributed by atoms with Gasteiger partial charge in [0.1, 0.15) is 11.5 Å². The zero-order chi connectivity index (χ0) is 26.4. The SMILES string of the molecule is CNC(=O)c1c(-c2ccccc2)c(-c2ccc(F)cc2)c(CC[C@@H](O)C[C@@H](O)CC(=O)[O-])n1C(C)C.[Na+]. The average molecular weight is 519 g/mol. The monoisotopic (exact) mass is 518 g/mol. The van der Waals surface area contributed by atoms with Crippen LogP contribution in [0.15, 0.2) is 54.6 Å². The molecule has 2 aromatic carbocycles. The number of carbonyl (C=O) groups is 2. The van der Waals surface area contributed by atoms with Crippen molar-refractivity contribution < 1.29 is 58.9 Å². The summed E-state index contributed by atoms with van der Waals surface area (Å²) in [6.07, 6.45) is -2.31. The molecule has 0 radical (unpaired) electrons. The van der Waals surface area contributed by atoms with E-state index in [2.05, 4.69) is 5.32 Å². The van der Waals surface area contributed by atoms with Crippen LogP contribution in [-0.4, -0.2) is 45.9 Å². The fourth-order valence-corrected chi connectivity index (χ4v) is 4.62. The molecule has 1 amide bonds. The molecule has 0 unspecified atom stereocenters. The molecule has 3 rings (SSSR count). The number of nitrogens with one attached hydrogen (secondary N) is 1. The fraction of sp³-hybridized carbons (Fsp3) is 0.357. The first-order chi connectivity index (χ1) is 17.1. The summed E-state index contributed by atoms with van der Waals surface area (Å²) in [5, 5.41) is 34.0. The number of carboxylic acids is 1. The molecule has 3 aromatic rings. The Bertz CT molecular complexity index is 1200. The van der Waals surface area contributed by atoms with E-state index in [-0.39, 0.29) is 60.2 Å². The Kier molecular flexibility index (Phi) is 11.5. The Morgan fingerprint density at radius 3 is 2.11 bits per heavy atom. The Labute approximate surface area is 238 Å². The third-order valence-corrected chi connectivity index (χ3v) is 6.12. The quantitative estimate of drug-likeness (QED) is 0.312. The van der Waals surface area contributed by atoms with Gasteiger partial charge in [-0.2, -0.15) is 0 Å². The van der Waals surface area contributed by atoms with Crippen LogP contribution < -0.4 is 40.0 Å². The number of aromatic nitrogens is 1. The van der Waals surface area contributed by atoms with Crippen molar-refractivity contribution in [2.45, 2.75) is 57.8 Å². The van der Waals surface area contributed by atoms with E-state index in [1.165, 1.54) is 12.1 Å². The molecule has 192 valence electrons. The minimum absolute atomic E-state index is 0. The number of halogens is 1. The maximum absolute atomic E-state index is 13.8. The largest absolute Gasteiger partial charge is 1.00 e. The van der Waals surface area contributed by atoms with Crippen LogP contribution in [-0.2, 0) is 11.2 Å². The number of hydrogen-bond acceptors (Lipinski definition) is 5. The van der Waals surface area contributed by atoms with Crippen LogP contribution in [0.2, 0.25) is 0 Å².